The van der Waals surface area contributed by atoms with Crippen LogP contribution in [-0.4, -0.2) is 35.3 Å². The van der Waals surface area contributed by atoms with E-state index >= 15 is 0 Å². The Bertz CT molecular complexity index is 632. The van der Waals surface area contributed by atoms with Gasteiger partial charge in [-0.2, -0.15) is 0 Å². The summed E-state index contributed by atoms with van der Waals surface area (Å²) < 4.78 is 10.1. The second-order valence-corrected chi connectivity index (χ2v) is 6.50. The number of esters is 2. The largest absolute Gasteiger partial charge is 0.460 e. The van der Waals surface area contributed by atoms with Crippen molar-refractivity contribution in [1.29, 1.82) is 0 Å². The van der Waals surface area contributed by atoms with Gasteiger partial charge in [-0.25, -0.2) is 4.79 Å². The first kappa shape index (κ1) is 14.9. The van der Waals surface area contributed by atoms with Crippen LogP contribution in [0.1, 0.15) is 19.8 Å². The summed E-state index contributed by atoms with van der Waals surface area (Å²) in [6.07, 6.45) is -0.823. The molecule has 6 nitrogen and oxygen atoms in total. The number of hydrogen-bond donors (Lipinski definition) is 1. The lowest BCUT2D eigenvalue weighted by atomic mass is 10.2. The Labute approximate surface area is 131 Å². The molecule has 22 heavy (non-hydrogen) atoms. The van der Waals surface area contributed by atoms with Gasteiger partial charge in [0.1, 0.15) is 6.10 Å². The zero-order chi connectivity index (χ0) is 15.7. The van der Waals surface area contributed by atoms with Crippen LogP contribution in [0.15, 0.2) is 29.2 Å². The van der Waals surface area contributed by atoms with Gasteiger partial charge in [0, 0.05) is 11.3 Å². The summed E-state index contributed by atoms with van der Waals surface area (Å²) >= 11 is 1.32. The first-order valence-corrected chi connectivity index (χ1v) is 7.87. The van der Waals surface area contributed by atoms with Gasteiger partial charge in [-0.3, -0.25) is 9.59 Å². The lowest BCUT2D eigenvalue weighted by molar-refractivity contribution is -0.161. The fourth-order valence-corrected chi connectivity index (χ4v) is 3.50. The Balaban J connectivity index is 1.60. The van der Waals surface area contributed by atoms with E-state index in [9.17, 15) is 14.4 Å². The highest BCUT2D eigenvalue weighted by Crippen LogP contribution is 2.36. The third-order valence-electron chi connectivity index (χ3n) is 3.46. The number of rotatable bonds is 3. The number of carbonyl (C=O) groups is 3. The molecule has 1 N–H and O–H groups in total. The average Bonchev–Trinajstić information content (AvgIpc) is 2.77. The van der Waals surface area contributed by atoms with Crippen molar-refractivity contribution in [3.05, 3.63) is 24.3 Å². The molecule has 1 aromatic rings. The molecule has 1 aromatic carbocycles. The van der Waals surface area contributed by atoms with E-state index in [0.717, 1.165) is 10.6 Å². The Morgan fingerprint density at radius 3 is 2.91 bits per heavy atom. The molecular weight excluding hydrogens is 306 g/mol. The molecule has 1 saturated heterocycles. The maximum atomic E-state index is 12.0. The van der Waals surface area contributed by atoms with Gasteiger partial charge < -0.3 is 14.8 Å². The predicted octanol–water partition coefficient (Wildman–Crippen LogP) is 1.74. The van der Waals surface area contributed by atoms with Crippen LogP contribution in [0.3, 0.4) is 0 Å². The number of ether oxygens (including phenoxy) is 2. The van der Waals surface area contributed by atoms with E-state index in [1.165, 1.54) is 11.8 Å². The van der Waals surface area contributed by atoms with Crippen LogP contribution >= 0.6 is 11.8 Å². The molecule has 1 amide bonds. The highest BCUT2D eigenvalue weighted by molar-refractivity contribution is 8.01. The van der Waals surface area contributed by atoms with Crippen molar-refractivity contribution in [3.63, 3.8) is 0 Å². The van der Waals surface area contributed by atoms with Crippen LogP contribution < -0.4 is 5.32 Å². The normalized spacial score (nSPS) is 26.9. The SMILES string of the molecule is C[C@@H]1C[C@@H](OC(=O)C[C@@H]2Sc3ccccc3NC2=O)C(=O)O1. The molecule has 116 valence electrons. The summed E-state index contributed by atoms with van der Waals surface area (Å²) in [5.41, 5.74) is 0.746. The van der Waals surface area contributed by atoms with Crippen molar-refractivity contribution in [2.75, 3.05) is 5.32 Å². The standard InChI is InChI=1S/C15H15NO5S/c1-8-6-10(15(19)20-8)21-13(17)7-12-14(18)16-9-4-2-3-5-11(9)22-12/h2-5,8,10,12H,6-7H2,1H3,(H,16,18)/t8-,10-,12+/m1/s1. The minimum absolute atomic E-state index is 0.0804. The first-order valence-electron chi connectivity index (χ1n) is 6.99. The highest BCUT2D eigenvalue weighted by atomic mass is 32.2. The molecule has 3 rings (SSSR count). The van der Waals surface area contributed by atoms with E-state index < -0.39 is 23.3 Å². The van der Waals surface area contributed by atoms with Crippen LogP contribution in [0.25, 0.3) is 0 Å². The van der Waals surface area contributed by atoms with Gasteiger partial charge in [-0.1, -0.05) is 12.1 Å². The summed E-state index contributed by atoms with van der Waals surface area (Å²) in [5, 5.41) is 2.21. The first-order chi connectivity index (χ1) is 10.5. The maximum absolute atomic E-state index is 12.0. The smallest absolute Gasteiger partial charge is 0.347 e. The minimum atomic E-state index is -0.855. The fourth-order valence-electron chi connectivity index (χ4n) is 2.40. The summed E-state index contributed by atoms with van der Waals surface area (Å²) in [6, 6.07) is 7.40. The number of anilines is 1. The third-order valence-corrected chi connectivity index (χ3v) is 4.73. The minimum Gasteiger partial charge on any atom is -0.460 e. The summed E-state index contributed by atoms with van der Waals surface area (Å²) in [6.45, 7) is 1.74. The number of nitrogens with one attached hydrogen (secondary N) is 1. The van der Waals surface area contributed by atoms with E-state index in [-0.39, 0.29) is 18.4 Å². The lowest BCUT2D eigenvalue weighted by Gasteiger charge is -2.23. The Hall–Kier alpha value is -2.02. The lowest BCUT2D eigenvalue weighted by Crippen LogP contribution is -2.33. The monoisotopic (exact) mass is 321 g/mol. The van der Waals surface area contributed by atoms with Gasteiger partial charge in [0.25, 0.3) is 0 Å². The number of carbonyl (C=O) groups excluding carboxylic acids is 3. The van der Waals surface area contributed by atoms with Crippen LogP contribution in [0.4, 0.5) is 5.69 Å². The summed E-state index contributed by atoms with van der Waals surface area (Å²) in [7, 11) is 0. The molecule has 2 aliphatic heterocycles. The molecule has 2 heterocycles. The van der Waals surface area contributed by atoms with Gasteiger partial charge in [0.15, 0.2) is 0 Å². The van der Waals surface area contributed by atoms with Gasteiger partial charge in [-0.15, -0.1) is 11.8 Å². The molecule has 3 atom stereocenters. The number of benzene rings is 1. The van der Waals surface area contributed by atoms with Crippen molar-refractivity contribution in [2.24, 2.45) is 0 Å². The molecule has 0 unspecified atom stereocenters. The topological polar surface area (TPSA) is 81.7 Å². The van der Waals surface area contributed by atoms with E-state index in [2.05, 4.69) is 5.32 Å². The molecule has 0 aliphatic carbocycles. The second kappa shape index (κ2) is 6.00. The quantitative estimate of drug-likeness (QED) is 0.854. The number of para-hydroxylation sites is 1. The number of thioether (sulfide) groups is 1. The van der Waals surface area contributed by atoms with E-state index in [4.69, 9.17) is 9.47 Å². The summed E-state index contributed by atoms with van der Waals surface area (Å²) in [5.74, 6) is -1.32. The molecule has 0 aromatic heterocycles. The van der Waals surface area contributed by atoms with Crippen molar-refractivity contribution < 1.29 is 23.9 Å². The van der Waals surface area contributed by atoms with Gasteiger partial charge in [-0.05, 0) is 19.1 Å². The zero-order valence-corrected chi connectivity index (χ0v) is 12.7. The second-order valence-electron chi connectivity index (χ2n) is 5.26. The predicted molar refractivity (Wildman–Crippen MR) is 79.4 cm³/mol. The number of amides is 1. The van der Waals surface area contributed by atoms with E-state index in [0.29, 0.717) is 6.42 Å². The molecule has 0 bridgehead atoms. The molecule has 0 radical (unpaired) electrons. The molecule has 1 fully saturated rings. The summed E-state index contributed by atoms with van der Waals surface area (Å²) in [4.78, 5) is 36.3. The van der Waals surface area contributed by atoms with Crippen molar-refractivity contribution >= 4 is 35.3 Å². The van der Waals surface area contributed by atoms with E-state index in [1.807, 2.05) is 24.3 Å². The third kappa shape index (κ3) is 3.09. The van der Waals surface area contributed by atoms with Crippen LogP contribution in [0.2, 0.25) is 0 Å². The number of fused-ring (bicyclic) bond motifs is 1. The van der Waals surface area contributed by atoms with E-state index in [1.54, 1.807) is 6.92 Å². The molecule has 0 saturated carbocycles. The van der Waals surface area contributed by atoms with Gasteiger partial charge >= 0.3 is 11.9 Å². The van der Waals surface area contributed by atoms with Gasteiger partial charge in [0.2, 0.25) is 12.0 Å². The Morgan fingerprint density at radius 2 is 2.18 bits per heavy atom. The maximum Gasteiger partial charge on any atom is 0.347 e. The fraction of sp³-hybridized carbons (Fsp3) is 0.400. The van der Waals surface area contributed by atoms with Crippen LogP contribution in [0.5, 0.6) is 0 Å². The number of cyclic esters (lactones) is 1. The Kier molecular flexibility index (Phi) is 4.06. The Morgan fingerprint density at radius 1 is 1.41 bits per heavy atom. The molecule has 0 spiro atoms. The van der Waals surface area contributed by atoms with Gasteiger partial charge in [0.05, 0.1) is 17.4 Å². The van der Waals surface area contributed by atoms with Crippen LogP contribution in [-0.2, 0) is 23.9 Å². The molecule has 7 heteroatoms. The zero-order valence-electron chi connectivity index (χ0n) is 11.9. The van der Waals surface area contributed by atoms with Crippen molar-refractivity contribution in [2.45, 2.75) is 42.1 Å². The molecular formula is C15H15NO5S. The molecule has 2 aliphatic rings. The number of hydrogen-bond acceptors (Lipinski definition) is 6. The van der Waals surface area contributed by atoms with Crippen molar-refractivity contribution in [3.8, 4) is 0 Å². The van der Waals surface area contributed by atoms with Crippen molar-refractivity contribution in [1.82, 2.24) is 0 Å². The highest BCUT2D eigenvalue weighted by Gasteiger charge is 2.36. The van der Waals surface area contributed by atoms with Crippen LogP contribution in [0, 0.1) is 0 Å². The average molecular weight is 321 g/mol.